The van der Waals surface area contributed by atoms with Crippen LogP contribution in [0, 0.1) is 11.8 Å². The van der Waals surface area contributed by atoms with Gasteiger partial charge in [-0.15, -0.1) is 0 Å². The van der Waals surface area contributed by atoms with Gasteiger partial charge in [0.05, 0.1) is 12.7 Å². The molecule has 0 aromatic carbocycles. The molecule has 0 spiro atoms. The van der Waals surface area contributed by atoms with Crippen molar-refractivity contribution in [1.29, 1.82) is 0 Å². The maximum Gasteiger partial charge on any atom is 0.0728 e. The molecule has 2 nitrogen and oxygen atoms in total. The highest BCUT2D eigenvalue weighted by Gasteiger charge is 2.35. The van der Waals surface area contributed by atoms with E-state index >= 15 is 0 Å². The Morgan fingerprint density at radius 3 is 2.50 bits per heavy atom. The zero-order chi connectivity index (χ0) is 8.55. The number of hydrogen-bond acceptors (Lipinski definition) is 2. The second-order valence-corrected chi connectivity index (χ2v) is 4.47. The summed E-state index contributed by atoms with van der Waals surface area (Å²) in [5.74, 6) is 1.58. The molecule has 1 heterocycles. The van der Waals surface area contributed by atoms with Gasteiger partial charge in [0.1, 0.15) is 0 Å². The maximum absolute atomic E-state index is 5.81. The smallest absolute Gasteiger partial charge is 0.0728 e. The minimum Gasteiger partial charge on any atom is -0.375 e. The molecular weight excluding hydrogens is 150 g/mol. The van der Waals surface area contributed by atoms with Crippen LogP contribution in [-0.4, -0.2) is 25.3 Å². The fraction of sp³-hybridized carbons (Fsp3) is 1.00. The van der Waals surface area contributed by atoms with Crippen LogP contribution < -0.4 is 5.32 Å². The highest BCUT2D eigenvalue weighted by atomic mass is 16.5. The Labute approximate surface area is 74.7 Å². The first-order valence-corrected chi connectivity index (χ1v) is 5.12. The summed E-state index contributed by atoms with van der Waals surface area (Å²) in [5, 5.41) is 3.56. The third kappa shape index (κ3) is 1.80. The van der Waals surface area contributed by atoms with Gasteiger partial charge < -0.3 is 10.1 Å². The lowest BCUT2D eigenvalue weighted by Gasteiger charge is -2.32. The lowest BCUT2D eigenvalue weighted by Crippen LogP contribution is -2.49. The normalized spacial score (nSPS) is 37.2. The molecular formula is C10H19NO. The molecule has 2 unspecified atom stereocenters. The standard InChI is InChI=1S/C10H19NO/c1-7(2)9-6-12-10(5-11-9)8-3-4-8/h7-11H,3-6H2,1-2H3. The monoisotopic (exact) mass is 169 g/mol. The van der Waals surface area contributed by atoms with E-state index in [0.29, 0.717) is 18.1 Å². The summed E-state index contributed by atoms with van der Waals surface area (Å²) >= 11 is 0. The van der Waals surface area contributed by atoms with Gasteiger partial charge in [-0.3, -0.25) is 0 Å². The molecule has 0 aromatic rings. The average molecular weight is 169 g/mol. The van der Waals surface area contributed by atoms with Crippen LogP contribution in [0.15, 0.2) is 0 Å². The van der Waals surface area contributed by atoms with Crippen molar-refractivity contribution in [2.45, 2.75) is 38.8 Å². The first kappa shape index (κ1) is 8.52. The van der Waals surface area contributed by atoms with Crippen LogP contribution in [0.3, 0.4) is 0 Å². The quantitative estimate of drug-likeness (QED) is 0.675. The van der Waals surface area contributed by atoms with Gasteiger partial charge >= 0.3 is 0 Å². The largest absolute Gasteiger partial charge is 0.375 e. The van der Waals surface area contributed by atoms with Gasteiger partial charge in [-0.25, -0.2) is 0 Å². The van der Waals surface area contributed by atoms with Crippen molar-refractivity contribution < 1.29 is 4.74 Å². The predicted molar refractivity (Wildman–Crippen MR) is 49.1 cm³/mol. The third-order valence-corrected chi connectivity index (χ3v) is 3.02. The molecule has 2 atom stereocenters. The maximum atomic E-state index is 5.81. The lowest BCUT2D eigenvalue weighted by atomic mass is 10.0. The summed E-state index contributed by atoms with van der Waals surface area (Å²) in [5.41, 5.74) is 0. The van der Waals surface area contributed by atoms with Crippen molar-refractivity contribution in [1.82, 2.24) is 5.32 Å². The zero-order valence-electron chi connectivity index (χ0n) is 8.05. The molecule has 12 heavy (non-hydrogen) atoms. The number of morpholine rings is 1. The average Bonchev–Trinajstić information content (AvgIpc) is 2.87. The van der Waals surface area contributed by atoms with Crippen molar-refractivity contribution in [3.63, 3.8) is 0 Å². The molecule has 0 amide bonds. The Kier molecular flexibility index (Phi) is 2.37. The molecule has 2 fully saturated rings. The van der Waals surface area contributed by atoms with Gasteiger partial charge in [-0.2, -0.15) is 0 Å². The lowest BCUT2D eigenvalue weighted by molar-refractivity contribution is -0.0172. The molecule has 1 saturated carbocycles. The van der Waals surface area contributed by atoms with Crippen LogP contribution in [-0.2, 0) is 4.74 Å². The second-order valence-electron chi connectivity index (χ2n) is 4.47. The molecule has 2 rings (SSSR count). The van der Waals surface area contributed by atoms with Gasteiger partial charge in [0.2, 0.25) is 0 Å². The Bertz CT molecular complexity index is 136. The van der Waals surface area contributed by atoms with Crippen LogP contribution in [0.4, 0.5) is 0 Å². The minimum atomic E-state index is 0.528. The molecule has 1 aliphatic heterocycles. The molecule has 1 aliphatic carbocycles. The first-order valence-electron chi connectivity index (χ1n) is 5.12. The Hall–Kier alpha value is -0.0800. The fourth-order valence-corrected chi connectivity index (χ4v) is 1.81. The van der Waals surface area contributed by atoms with Crippen molar-refractivity contribution in [2.24, 2.45) is 11.8 Å². The Balaban J connectivity index is 1.76. The van der Waals surface area contributed by atoms with E-state index in [-0.39, 0.29) is 0 Å². The molecule has 70 valence electrons. The van der Waals surface area contributed by atoms with E-state index in [9.17, 15) is 0 Å². The van der Waals surface area contributed by atoms with Gasteiger partial charge in [-0.1, -0.05) is 13.8 Å². The fourth-order valence-electron chi connectivity index (χ4n) is 1.81. The van der Waals surface area contributed by atoms with E-state index < -0.39 is 0 Å². The van der Waals surface area contributed by atoms with E-state index in [1.165, 1.54) is 12.8 Å². The molecule has 2 heteroatoms. The number of ether oxygens (including phenoxy) is 1. The molecule has 2 aliphatic rings. The van der Waals surface area contributed by atoms with Gasteiger partial charge in [0.15, 0.2) is 0 Å². The summed E-state index contributed by atoms with van der Waals surface area (Å²) in [6.07, 6.45) is 3.30. The predicted octanol–water partition coefficient (Wildman–Crippen LogP) is 1.41. The zero-order valence-corrected chi connectivity index (χ0v) is 8.05. The van der Waals surface area contributed by atoms with Crippen molar-refractivity contribution in [3.8, 4) is 0 Å². The van der Waals surface area contributed by atoms with E-state index in [4.69, 9.17) is 4.74 Å². The van der Waals surface area contributed by atoms with Gasteiger partial charge in [-0.05, 0) is 24.7 Å². The van der Waals surface area contributed by atoms with E-state index in [1.54, 1.807) is 0 Å². The molecule has 1 saturated heterocycles. The Morgan fingerprint density at radius 1 is 1.33 bits per heavy atom. The van der Waals surface area contributed by atoms with Crippen molar-refractivity contribution >= 4 is 0 Å². The molecule has 0 radical (unpaired) electrons. The van der Waals surface area contributed by atoms with E-state index in [0.717, 1.165) is 19.1 Å². The molecule has 0 aromatic heterocycles. The summed E-state index contributed by atoms with van der Waals surface area (Å²) < 4.78 is 5.81. The first-order chi connectivity index (χ1) is 5.77. The van der Waals surface area contributed by atoms with Gasteiger partial charge in [0.25, 0.3) is 0 Å². The topological polar surface area (TPSA) is 21.3 Å². The van der Waals surface area contributed by atoms with Crippen LogP contribution in [0.1, 0.15) is 26.7 Å². The SMILES string of the molecule is CC(C)C1COC(C2CC2)CN1. The number of nitrogens with one attached hydrogen (secondary N) is 1. The van der Waals surface area contributed by atoms with Crippen LogP contribution >= 0.6 is 0 Å². The third-order valence-electron chi connectivity index (χ3n) is 3.02. The molecule has 1 N–H and O–H groups in total. The van der Waals surface area contributed by atoms with Crippen LogP contribution in [0.25, 0.3) is 0 Å². The summed E-state index contributed by atoms with van der Waals surface area (Å²) in [4.78, 5) is 0. The second kappa shape index (κ2) is 3.35. The van der Waals surface area contributed by atoms with Crippen LogP contribution in [0.2, 0.25) is 0 Å². The minimum absolute atomic E-state index is 0.528. The number of rotatable bonds is 2. The van der Waals surface area contributed by atoms with Crippen molar-refractivity contribution in [3.05, 3.63) is 0 Å². The summed E-state index contributed by atoms with van der Waals surface area (Å²) in [6.45, 7) is 6.49. The summed E-state index contributed by atoms with van der Waals surface area (Å²) in [6, 6.07) is 0.583. The summed E-state index contributed by atoms with van der Waals surface area (Å²) in [7, 11) is 0. The van der Waals surface area contributed by atoms with Crippen LogP contribution in [0.5, 0.6) is 0 Å². The van der Waals surface area contributed by atoms with E-state index in [2.05, 4.69) is 19.2 Å². The molecule has 0 bridgehead atoms. The number of hydrogen-bond donors (Lipinski definition) is 1. The van der Waals surface area contributed by atoms with Crippen molar-refractivity contribution in [2.75, 3.05) is 13.2 Å². The van der Waals surface area contributed by atoms with Gasteiger partial charge in [0, 0.05) is 12.6 Å². The van der Waals surface area contributed by atoms with E-state index in [1.807, 2.05) is 0 Å². The highest BCUT2D eigenvalue weighted by Crippen LogP contribution is 2.35. The Morgan fingerprint density at radius 2 is 2.08 bits per heavy atom. The highest BCUT2D eigenvalue weighted by molar-refractivity contribution is 4.88.